The van der Waals surface area contributed by atoms with Gasteiger partial charge in [-0.25, -0.2) is 4.39 Å². The molecule has 1 amide bonds. The summed E-state index contributed by atoms with van der Waals surface area (Å²) in [5, 5.41) is 0.281. The smallest absolute Gasteiger partial charge is 0.249 e. The van der Waals surface area contributed by atoms with Gasteiger partial charge in [-0.1, -0.05) is 23.7 Å². The molecular weight excluding hydrogens is 381 g/mol. The van der Waals surface area contributed by atoms with E-state index in [4.69, 9.17) is 21.1 Å². The lowest BCUT2D eigenvalue weighted by Gasteiger charge is -2.38. The first-order valence-corrected chi connectivity index (χ1v) is 9.43. The molecule has 0 fully saturated rings. The van der Waals surface area contributed by atoms with Gasteiger partial charge in [0.05, 0.1) is 20.3 Å². The number of carbonyl (C=O) groups excluding carboxylic acids is 1. The van der Waals surface area contributed by atoms with Gasteiger partial charge in [0.1, 0.15) is 5.82 Å². The number of hydrogen-bond donors (Lipinski definition) is 0. The van der Waals surface area contributed by atoms with Crippen LogP contribution in [-0.2, 0) is 11.2 Å². The number of hydrogen-bond acceptors (Lipinski definition) is 3. The summed E-state index contributed by atoms with van der Waals surface area (Å²) in [6.07, 6.45) is 2.38. The minimum Gasteiger partial charge on any atom is -0.493 e. The number of halogens is 2. The van der Waals surface area contributed by atoms with E-state index >= 15 is 0 Å². The first-order chi connectivity index (χ1) is 13.4. The monoisotopic (exact) mass is 403 g/mol. The lowest BCUT2D eigenvalue weighted by molar-refractivity contribution is -0.129. The molecule has 0 saturated heterocycles. The van der Waals surface area contributed by atoms with Crippen LogP contribution in [0.25, 0.3) is 0 Å². The van der Waals surface area contributed by atoms with Crippen LogP contribution < -0.4 is 9.47 Å². The van der Waals surface area contributed by atoms with Crippen molar-refractivity contribution in [3.8, 4) is 11.5 Å². The zero-order valence-corrected chi connectivity index (χ0v) is 17.1. The van der Waals surface area contributed by atoms with Crippen LogP contribution in [0.4, 0.5) is 4.39 Å². The highest BCUT2D eigenvalue weighted by Crippen LogP contribution is 2.43. The van der Waals surface area contributed by atoms with Gasteiger partial charge in [-0.3, -0.25) is 4.79 Å². The fourth-order valence-electron chi connectivity index (χ4n) is 3.60. The van der Waals surface area contributed by atoms with Crippen LogP contribution >= 0.6 is 11.6 Å². The van der Waals surface area contributed by atoms with E-state index in [0.29, 0.717) is 30.0 Å². The van der Waals surface area contributed by atoms with E-state index in [1.807, 2.05) is 19.1 Å². The molecule has 0 spiro atoms. The molecule has 1 aliphatic heterocycles. The van der Waals surface area contributed by atoms with Crippen LogP contribution in [0.1, 0.15) is 36.6 Å². The maximum Gasteiger partial charge on any atom is 0.249 e. The van der Waals surface area contributed by atoms with E-state index < -0.39 is 11.9 Å². The number of ether oxygens (including phenoxy) is 2. The quantitative estimate of drug-likeness (QED) is 0.679. The molecule has 28 heavy (non-hydrogen) atoms. The van der Waals surface area contributed by atoms with Crippen molar-refractivity contribution in [2.24, 2.45) is 0 Å². The van der Waals surface area contributed by atoms with Gasteiger partial charge in [-0.05, 0) is 55.7 Å². The molecule has 1 unspecified atom stereocenters. The van der Waals surface area contributed by atoms with E-state index in [9.17, 15) is 9.18 Å². The lowest BCUT2D eigenvalue weighted by atomic mass is 9.87. The molecule has 0 bridgehead atoms. The molecule has 1 atom stereocenters. The van der Waals surface area contributed by atoms with Gasteiger partial charge >= 0.3 is 0 Å². The van der Waals surface area contributed by atoms with Crippen molar-refractivity contribution in [2.45, 2.75) is 26.3 Å². The molecule has 0 N–H and O–H groups in total. The fraction of sp³-hybridized carbons (Fsp3) is 0.318. The number of amides is 1. The zero-order valence-electron chi connectivity index (χ0n) is 16.4. The highest BCUT2D eigenvalue weighted by Gasteiger charge is 2.36. The summed E-state index contributed by atoms with van der Waals surface area (Å²) < 4.78 is 25.7. The van der Waals surface area contributed by atoms with Crippen molar-refractivity contribution < 1.29 is 18.7 Å². The van der Waals surface area contributed by atoms with Crippen molar-refractivity contribution in [2.75, 3.05) is 20.8 Å². The molecule has 2 aromatic carbocycles. The van der Waals surface area contributed by atoms with Gasteiger partial charge in [-0.2, -0.15) is 0 Å². The zero-order chi connectivity index (χ0) is 20.4. The Morgan fingerprint density at radius 1 is 1.25 bits per heavy atom. The Labute approximate surface area is 169 Å². The van der Waals surface area contributed by atoms with Crippen molar-refractivity contribution in [3.05, 3.63) is 69.5 Å². The number of allylic oxidation sites excluding steroid dienone is 1. The van der Waals surface area contributed by atoms with Gasteiger partial charge in [0, 0.05) is 22.7 Å². The maximum absolute atomic E-state index is 14.9. The van der Waals surface area contributed by atoms with Gasteiger partial charge < -0.3 is 14.4 Å². The number of nitrogens with zero attached hydrogens (tertiary/aromatic N) is 1. The van der Waals surface area contributed by atoms with Crippen molar-refractivity contribution in [3.63, 3.8) is 0 Å². The van der Waals surface area contributed by atoms with E-state index in [-0.39, 0.29) is 16.5 Å². The molecule has 0 saturated carbocycles. The van der Waals surface area contributed by atoms with E-state index in [2.05, 4.69) is 0 Å². The summed E-state index contributed by atoms with van der Waals surface area (Å²) in [5.41, 5.74) is 2.65. The molecule has 0 aliphatic carbocycles. The maximum atomic E-state index is 14.9. The number of methoxy groups -OCH3 is 2. The van der Waals surface area contributed by atoms with Crippen LogP contribution in [0.15, 0.2) is 42.0 Å². The lowest BCUT2D eigenvalue weighted by Crippen LogP contribution is -2.41. The molecule has 148 valence electrons. The Balaban J connectivity index is 2.26. The van der Waals surface area contributed by atoms with Crippen molar-refractivity contribution in [1.82, 2.24) is 4.90 Å². The molecule has 0 aromatic heterocycles. The highest BCUT2D eigenvalue weighted by molar-refractivity contribution is 6.31. The molecule has 3 rings (SSSR count). The first-order valence-electron chi connectivity index (χ1n) is 9.05. The van der Waals surface area contributed by atoms with Crippen LogP contribution in [0.5, 0.6) is 11.5 Å². The summed E-state index contributed by atoms with van der Waals surface area (Å²) in [4.78, 5) is 14.7. The third-order valence-corrected chi connectivity index (χ3v) is 5.51. The Morgan fingerprint density at radius 2 is 1.93 bits per heavy atom. The molecular formula is C22H23ClFNO3. The molecule has 1 aliphatic rings. The Kier molecular flexibility index (Phi) is 5.94. The highest BCUT2D eigenvalue weighted by atomic mass is 35.5. The Morgan fingerprint density at radius 3 is 2.54 bits per heavy atom. The van der Waals surface area contributed by atoms with Crippen LogP contribution in [0, 0.1) is 5.82 Å². The van der Waals surface area contributed by atoms with E-state index in [1.54, 1.807) is 44.3 Å². The second-order valence-corrected chi connectivity index (χ2v) is 7.07. The number of carbonyl (C=O) groups is 1. The summed E-state index contributed by atoms with van der Waals surface area (Å²) in [5.74, 6) is 0.531. The normalized spacial score (nSPS) is 16.6. The van der Waals surface area contributed by atoms with E-state index in [0.717, 1.165) is 11.1 Å². The summed E-state index contributed by atoms with van der Waals surface area (Å²) in [6.45, 7) is 4.01. The Bertz CT molecular complexity index is 921. The van der Waals surface area contributed by atoms with Gasteiger partial charge in [-0.15, -0.1) is 0 Å². The standard InChI is InChI=1S/C22H23ClFNO3/c1-5-13(2)22(26)25-10-9-14-11-18(27-3)19(28-4)12-15(14)21(25)20-16(23)7-6-8-17(20)24/h5-8,11-12,21H,9-10H2,1-4H3/b13-5+. The first kappa shape index (κ1) is 20.2. The third kappa shape index (κ3) is 3.47. The molecule has 6 heteroatoms. The van der Waals surface area contributed by atoms with E-state index in [1.165, 1.54) is 6.07 Å². The molecule has 0 radical (unpaired) electrons. The average Bonchev–Trinajstić information content (AvgIpc) is 2.71. The van der Waals surface area contributed by atoms with Gasteiger partial charge in [0.25, 0.3) is 0 Å². The molecule has 2 aromatic rings. The van der Waals surface area contributed by atoms with Gasteiger partial charge in [0.15, 0.2) is 11.5 Å². The minimum absolute atomic E-state index is 0.146. The predicted octanol–water partition coefficient (Wildman–Crippen LogP) is 4.94. The average molecular weight is 404 g/mol. The Hall–Kier alpha value is -2.53. The summed E-state index contributed by atoms with van der Waals surface area (Å²) in [7, 11) is 3.12. The second-order valence-electron chi connectivity index (χ2n) is 6.66. The largest absolute Gasteiger partial charge is 0.493 e. The predicted molar refractivity (Wildman–Crippen MR) is 108 cm³/mol. The van der Waals surface area contributed by atoms with Crippen LogP contribution in [-0.4, -0.2) is 31.6 Å². The van der Waals surface area contributed by atoms with Crippen LogP contribution in [0.3, 0.4) is 0 Å². The van der Waals surface area contributed by atoms with Crippen molar-refractivity contribution >= 4 is 17.5 Å². The summed E-state index contributed by atoms with van der Waals surface area (Å²) >= 11 is 6.40. The fourth-order valence-corrected chi connectivity index (χ4v) is 3.86. The molecule has 1 heterocycles. The SMILES string of the molecule is C/C=C(\C)C(=O)N1CCc2cc(OC)c(OC)cc2C1c1c(F)cccc1Cl. The number of rotatable bonds is 4. The third-order valence-electron chi connectivity index (χ3n) is 5.18. The molecule has 4 nitrogen and oxygen atoms in total. The topological polar surface area (TPSA) is 38.8 Å². The number of benzene rings is 2. The summed E-state index contributed by atoms with van der Waals surface area (Å²) in [6, 6.07) is 7.61. The van der Waals surface area contributed by atoms with Gasteiger partial charge in [0.2, 0.25) is 5.91 Å². The van der Waals surface area contributed by atoms with Crippen LogP contribution in [0.2, 0.25) is 5.02 Å². The minimum atomic E-state index is -0.653. The number of fused-ring (bicyclic) bond motifs is 1. The second kappa shape index (κ2) is 8.23. The van der Waals surface area contributed by atoms with Crippen molar-refractivity contribution in [1.29, 1.82) is 0 Å².